The van der Waals surface area contributed by atoms with Crippen LogP contribution >= 0.6 is 0 Å². The first-order chi connectivity index (χ1) is 15.4. The highest BCUT2D eigenvalue weighted by molar-refractivity contribution is 5.85. The molecular formula is C26H32N2O5. The fourth-order valence-electron chi connectivity index (χ4n) is 4.05. The van der Waals surface area contributed by atoms with Gasteiger partial charge in [0.05, 0.1) is 17.4 Å². The zero-order chi connectivity index (χ0) is 24.4. The third-order valence-electron chi connectivity index (χ3n) is 6.75. The summed E-state index contributed by atoms with van der Waals surface area (Å²) in [5, 5.41) is 14.5. The zero-order valence-corrected chi connectivity index (χ0v) is 19.8. The van der Waals surface area contributed by atoms with Crippen molar-refractivity contribution in [1.82, 2.24) is 10.6 Å². The minimum absolute atomic E-state index is 0.0561. The normalized spacial score (nSPS) is 14.1. The summed E-state index contributed by atoms with van der Waals surface area (Å²) in [6, 6.07) is 15.7. The van der Waals surface area contributed by atoms with E-state index in [4.69, 9.17) is 9.84 Å². The quantitative estimate of drug-likeness (QED) is 0.554. The molecule has 176 valence electrons. The number of amides is 2. The molecule has 0 aromatic heterocycles. The lowest BCUT2D eigenvalue weighted by Crippen LogP contribution is -2.60. The van der Waals surface area contributed by atoms with Crippen molar-refractivity contribution in [2.24, 2.45) is 5.41 Å². The molecule has 7 heteroatoms. The van der Waals surface area contributed by atoms with Gasteiger partial charge in [0.15, 0.2) is 0 Å². The first-order valence-electron chi connectivity index (χ1n) is 11.1. The first-order valence-corrected chi connectivity index (χ1v) is 11.1. The number of hydrogen-bond acceptors (Lipinski definition) is 4. The number of ether oxygens (including phenoxy) is 1. The highest BCUT2D eigenvalue weighted by Gasteiger charge is 2.45. The van der Waals surface area contributed by atoms with Gasteiger partial charge in [-0.15, -0.1) is 0 Å². The van der Waals surface area contributed by atoms with Crippen LogP contribution < -0.4 is 10.6 Å². The van der Waals surface area contributed by atoms with E-state index in [-0.39, 0.29) is 24.9 Å². The van der Waals surface area contributed by atoms with Crippen molar-refractivity contribution in [1.29, 1.82) is 0 Å². The Labute approximate surface area is 194 Å². The van der Waals surface area contributed by atoms with Gasteiger partial charge in [0.25, 0.3) is 0 Å². The SMILES string of the molecule is CC(CC(=O)O)NC(=O)C(C)(C)C(C)(C)NC(=O)OCC1c2ccccc2-c2ccccc21. The largest absolute Gasteiger partial charge is 0.481 e. The summed E-state index contributed by atoms with van der Waals surface area (Å²) >= 11 is 0. The van der Waals surface area contributed by atoms with Crippen molar-refractivity contribution in [2.75, 3.05) is 6.61 Å². The molecule has 1 aliphatic rings. The van der Waals surface area contributed by atoms with E-state index in [9.17, 15) is 14.4 Å². The molecule has 1 unspecified atom stereocenters. The van der Waals surface area contributed by atoms with Gasteiger partial charge < -0.3 is 20.5 Å². The lowest BCUT2D eigenvalue weighted by molar-refractivity contribution is -0.138. The molecule has 0 aliphatic heterocycles. The van der Waals surface area contributed by atoms with E-state index < -0.39 is 29.1 Å². The number of benzene rings is 2. The van der Waals surface area contributed by atoms with Crippen LogP contribution in [0, 0.1) is 5.41 Å². The molecule has 3 N–H and O–H groups in total. The number of rotatable bonds is 8. The summed E-state index contributed by atoms with van der Waals surface area (Å²) < 4.78 is 5.62. The van der Waals surface area contributed by atoms with Crippen LogP contribution in [0.5, 0.6) is 0 Å². The molecule has 0 bridgehead atoms. The molecule has 0 saturated heterocycles. The lowest BCUT2D eigenvalue weighted by Gasteiger charge is -2.41. The average molecular weight is 453 g/mol. The minimum atomic E-state index is -1.02. The molecule has 3 rings (SSSR count). The summed E-state index contributed by atoms with van der Waals surface area (Å²) in [5.74, 6) is -1.39. The molecule has 1 aliphatic carbocycles. The van der Waals surface area contributed by atoms with E-state index in [1.807, 2.05) is 24.3 Å². The monoisotopic (exact) mass is 452 g/mol. The molecule has 33 heavy (non-hydrogen) atoms. The molecule has 1 atom stereocenters. The Morgan fingerprint density at radius 3 is 2.00 bits per heavy atom. The van der Waals surface area contributed by atoms with Gasteiger partial charge in [-0.2, -0.15) is 0 Å². The molecule has 0 saturated carbocycles. The van der Waals surface area contributed by atoms with Crippen LogP contribution in [-0.2, 0) is 14.3 Å². The fourth-order valence-corrected chi connectivity index (χ4v) is 4.05. The summed E-state index contributed by atoms with van der Waals surface area (Å²) in [6.07, 6.45) is -0.788. The maximum absolute atomic E-state index is 12.8. The van der Waals surface area contributed by atoms with Crippen molar-refractivity contribution in [2.45, 2.75) is 58.5 Å². The highest BCUT2D eigenvalue weighted by atomic mass is 16.5. The number of carbonyl (C=O) groups excluding carboxylic acids is 2. The lowest BCUT2D eigenvalue weighted by atomic mass is 9.73. The van der Waals surface area contributed by atoms with Crippen LogP contribution in [0.3, 0.4) is 0 Å². The maximum atomic E-state index is 12.8. The number of fused-ring (bicyclic) bond motifs is 3. The Bertz CT molecular complexity index is 1010. The molecule has 0 heterocycles. The van der Waals surface area contributed by atoms with Gasteiger partial charge in [-0.05, 0) is 56.9 Å². The molecule has 0 spiro atoms. The number of carboxylic acids is 1. The van der Waals surface area contributed by atoms with Gasteiger partial charge in [-0.25, -0.2) is 4.79 Å². The van der Waals surface area contributed by atoms with Gasteiger partial charge in [0, 0.05) is 12.0 Å². The number of nitrogens with one attached hydrogen (secondary N) is 2. The van der Waals surface area contributed by atoms with E-state index >= 15 is 0 Å². The minimum Gasteiger partial charge on any atom is -0.481 e. The summed E-state index contributed by atoms with van der Waals surface area (Å²) in [4.78, 5) is 36.5. The molecule has 2 aromatic carbocycles. The van der Waals surface area contributed by atoms with Crippen LogP contribution in [0.15, 0.2) is 48.5 Å². The first kappa shape index (κ1) is 24.3. The van der Waals surface area contributed by atoms with Gasteiger partial charge in [-0.3, -0.25) is 9.59 Å². The molecule has 7 nitrogen and oxygen atoms in total. The van der Waals surface area contributed by atoms with Crippen LogP contribution in [0.4, 0.5) is 4.79 Å². The van der Waals surface area contributed by atoms with Gasteiger partial charge in [-0.1, -0.05) is 48.5 Å². The van der Waals surface area contributed by atoms with E-state index in [1.165, 1.54) is 0 Å². The second kappa shape index (κ2) is 9.25. The van der Waals surface area contributed by atoms with Gasteiger partial charge in [0.2, 0.25) is 5.91 Å². The second-order valence-electron chi connectivity index (χ2n) is 9.67. The van der Waals surface area contributed by atoms with Crippen LogP contribution in [0.1, 0.15) is 58.1 Å². The van der Waals surface area contributed by atoms with E-state index in [0.717, 1.165) is 22.3 Å². The predicted molar refractivity (Wildman–Crippen MR) is 126 cm³/mol. The predicted octanol–water partition coefficient (Wildman–Crippen LogP) is 4.31. The van der Waals surface area contributed by atoms with Crippen LogP contribution in [-0.4, -0.2) is 41.3 Å². The van der Waals surface area contributed by atoms with Crippen LogP contribution in [0.25, 0.3) is 11.1 Å². The Balaban J connectivity index is 1.65. The zero-order valence-electron chi connectivity index (χ0n) is 19.8. The fraction of sp³-hybridized carbons (Fsp3) is 0.423. The van der Waals surface area contributed by atoms with Crippen molar-refractivity contribution in [3.8, 4) is 11.1 Å². The van der Waals surface area contributed by atoms with E-state index in [1.54, 1.807) is 34.6 Å². The van der Waals surface area contributed by atoms with Crippen LogP contribution in [0.2, 0.25) is 0 Å². The van der Waals surface area contributed by atoms with Crippen molar-refractivity contribution in [3.05, 3.63) is 59.7 Å². The third-order valence-corrected chi connectivity index (χ3v) is 6.75. The number of alkyl carbamates (subject to hydrolysis) is 1. The molecule has 0 fully saturated rings. The van der Waals surface area contributed by atoms with Gasteiger partial charge >= 0.3 is 12.1 Å². The van der Waals surface area contributed by atoms with Crippen molar-refractivity contribution in [3.63, 3.8) is 0 Å². The summed E-state index contributed by atoms with van der Waals surface area (Å²) in [7, 11) is 0. The van der Waals surface area contributed by atoms with E-state index in [0.29, 0.717) is 0 Å². The summed E-state index contributed by atoms with van der Waals surface area (Å²) in [5.41, 5.74) is 2.57. The Morgan fingerprint density at radius 2 is 1.48 bits per heavy atom. The number of carboxylic acid groups (broad SMARTS) is 1. The Hall–Kier alpha value is -3.35. The summed E-state index contributed by atoms with van der Waals surface area (Å²) in [6.45, 7) is 8.72. The smallest absolute Gasteiger partial charge is 0.407 e. The van der Waals surface area contributed by atoms with Crippen molar-refractivity contribution < 1.29 is 24.2 Å². The molecule has 2 aromatic rings. The average Bonchev–Trinajstić information content (AvgIpc) is 3.05. The Morgan fingerprint density at radius 1 is 0.970 bits per heavy atom. The maximum Gasteiger partial charge on any atom is 0.407 e. The third kappa shape index (κ3) is 5.02. The van der Waals surface area contributed by atoms with E-state index in [2.05, 4.69) is 34.9 Å². The second-order valence-corrected chi connectivity index (χ2v) is 9.67. The standard InChI is InChI=1S/C26H32N2O5/c1-16(14-22(29)30)27-23(31)25(2,3)26(4,5)28-24(32)33-15-21-19-12-8-6-10-17(19)18-11-7-9-13-20(18)21/h6-13,16,21H,14-15H2,1-5H3,(H,27,31)(H,28,32)(H,29,30). The van der Waals surface area contributed by atoms with Gasteiger partial charge in [0.1, 0.15) is 6.61 Å². The number of aliphatic carboxylic acids is 1. The molecule has 2 amide bonds. The Kier molecular flexibility index (Phi) is 6.81. The number of hydrogen-bond donors (Lipinski definition) is 3. The topological polar surface area (TPSA) is 105 Å². The molecular weight excluding hydrogens is 420 g/mol. The van der Waals surface area contributed by atoms with Crippen molar-refractivity contribution >= 4 is 18.0 Å². The molecule has 0 radical (unpaired) electrons. The number of carbonyl (C=O) groups is 3. The highest BCUT2D eigenvalue weighted by Crippen LogP contribution is 2.44.